The zero-order valence-corrected chi connectivity index (χ0v) is 17.5. The number of fused-ring (bicyclic) bond motifs is 6. The Morgan fingerprint density at radius 3 is 1.41 bits per heavy atom. The third kappa shape index (κ3) is 3.20. The van der Waals surface area contributed by atoms with Crippen LogP contribution in [0.4, 0.5) is 11.6 Å². The van der Waals surface area contributed by atoms with Crippen molar-refractivity contribution in [1.82, 2.24) is 9.97 Å². The van der Waals surface area contributed by atoms with Crippen LogP contribution in [-0.2, 0) is 27.9 Å². The number of rotatable bonds is 0. The van der Waals surface area contributed by atoms with Crippen molar-refractivity contribution < 1.29 is 17.1 Å². The summed E-state index contributed by atoms with van der Waals surface area (Å²) in [5.41, 5.74) is 2.98. The summed E-state index contributed by atoms with van der Waals surface area (Å²) in [5.74, 6) is 2.62. The second-order valence-corrected chi connectivity index (χ2v) is 8.23. The Kier molecular flexibility index (Phi) is 4.48. The summed E-state index contributed by atoms with van der Waals surface area (Å²) in [7, 11) is 0. The third-order valence-electron chi connectivity index (χ3n) is 5.52. The minimum atomic E-state index is -0.351. The van der Waals surface area contributed by atoms with Crippen LogP contribution in [0.25, 0.3) is 0 Å². The molecule has 5 rings (SSSR count). The van der Waals surface area contributed by atoms with Gasteiger partial charge in [-0.25, -0.2) is 0 Å². The topological polar surface area (TPSA) is 77.6 Å². The van der Waals surface area contributed by atoms with Crippen molar-refractivity contribution in [3.63, 3.8) is 0 Å². The van der Waals surface area contributed by atoms with Crippen LogP contribution in [0.1, 0.15) is 39.1 Å². The predicted molar refractivity (Wildman–Crippen MR) is 113 cm³/mol. The molecule has 0 aromatic carbocycles. The molecule has 7 heteroatoms. The van der Waals surface area contributed by atoms with Crippen molar-refractivity contribution in [2.24, 2.45) is 20.0 Å². The van der Waals surface area contributed by atoms with E-state index in [1.807, 2.05) is 48.6 Å². The molecule has 2 aromatic rings. The van der Waals surface area contributed by atoms with E-state index in [-0.39, 0.29) is 27.9 Å². The molecular weight excluding hydrogens is 412 g/mol. The smallest absolute Gasteiger partial charge is 0.439 e. The third-order valence-corrected chi connectivity index (χ3v) is 5.52. The molecule has 2 aromatic heterocycles. The molecule has 6 nitrogen and oxygen atoms in total. The fraction of sp³-hybridized carbons (Fsp3) is 0.273. The average Bonchev–Trinajstić information content (AvgIpc) is 3.42. The maximum atomic E-state index is 4.72. The molecule has 0 saturated carbocycles. The van der Waals surface area contributed by atoms with Crippen LogP contribution in [-0.4, -0.2) is 23.1 Å². The molecule has 1 radical (unpaired) electrons. The summed E-state index contributed by atoms with van der Waals surface area (Å²) in [6.07, 6.45) is 7.85. The summed E-state index contributed by atoms with van der Waals surface area (Å²) in [4.78, 5) is 28.1. The summed E-state index contributed by atoms with van der Waals surface area (Å²) >= 11 is 0. The second-order valence-electron chi connectivity index (χ2n) is 8.23. The summed E-state index contributed by atoms with van der Waals surface area (Å²) in [6, 6.07) is 7.85. The second kappa shape index (κ2) is 6.65. The molecule has 0 N–H and O–H groups in total. The zero-order chi connectivity index (χ0) is 19.5. The van der Waals surface area contributed by atoms with Gasteiger partial charge in [0.15, 0.2) is 0 Å². The molecule has 29 heavy (non-hydrogen) atoms. The molecule has 3 aliphatic rings. The van der Waals surface area contributed by atoms with Crippen molar-refractivity contribution in [1.29, 1.82) is 0 Å². The Balaban J connectivity index is 0.00000205. The Hall–Kier alpha value is -2.76. The van der Waals surface area contributed by atoms with E-state index in [1.54, 1.807) is 0 Å². The molecule has 3 aliphatic heterocycles. The summed E-state index contributed by atoms with van der Waals surface area (Å²) in [5, 5.41) is 0. The Labute approximate surface area is 180 Å². The molecule has 0 atom stereocenters. The molecule has 0 unspecified atom stereocenters. The van der Waals surface area contributed by atoms with Crippen LogP contribution in [0.3, 0.4) is 0 Å². The van der Waals surface area contributed by atoms with Crippen LogP contribution in [0.5, 0.6) is 0 Å². The van der Waals surface area contributed by atoms with E-state index in [0.717, 1.165) is 22.8 Å². The molecular formula is C22H20CuN6. The van der Waals surface area contributed by atoms with Crippen LogP contribution in [0.2, 0.25) is 0 Å². The van der Waals surface area contributed by atoms with Gasteiger partial charge in [-0.05, 0) is 24.3 Å². The van der Waals surface area contributed by atoms with E-state index in [4.69, 9.17) is 20.0 Å². The fourth-order valence-electron chi connectivity index (χ4n) is 3.54. The number of aliphatic imine (C=N–C) groups is 4. The molecule has 0 aliphatic carbocycles. The molecule has 0 spiro atoms. The van der Waals surface area contributed by atoms with Gasteiger partial charge in [0.1, 0.15) is 0 Å². The van der Waals surface area contributed by atoms with E-state index in [0.29, 0.717) is 23.3 Å². The van der Waals surface area contributed by atoms with Gasteiger partial charge in [0.05, 0.1) is 23.1 Å². The molecule has 5 heterocycles. The summed E-state index contributed by atoms with van der Waals surface area (Å²) in [6.45, 7) is 8.42. The van der Waals surface area contributed by atoms with E-state index < -0.39 is 0 Å². The van der Waals surface area contributed by atoms with Crippen LogP contribution >= 0.6 is 0 Å². The Bertz CT molecular complexity index is 1070. The van der Waals surface area contributed by atoms with Crippen molar-refractivity contribution in [3.8, 4) is 0 Å². The molecule has 0 amide bonds. The molecule has 0 fully saturated rings. The number of hydrogen-bond donors (Lipinski definition) is 0. The van der Waals surface area contributed by atoms with Gasteiger partial charge in [-0.15, -0.1) is 0 Å². The average molecular weight is 432 g/mol. The quantitative estimate of drug-likeness (QED) is 0.592. The van der Waals surface area contributed by atoms with Gasteiger partial charge in [-0.2, -0.15) is 0 Å². The van der Waals surface area contributed by atoms with Crippen LogP contribution < -0.4 is 9.97 Å². The molecule has 149 valence electrons. The zero-order valence-electron chi connectivity index (χ0n) is 16.6. The van der Waals surface area contributed by atoms with Gasteiger partial charge in [0, 0.05) is 10.8 Å². The van der Waals surface area contributed by atoms with Crippen molar-refractivity contribution in [2.75, 3.05) is 0 Å². The van der Waals surface area contributed by atoms with Crippen LogP contribution in [0, 0.1) is 0 Å². The number of aromatic nitrogens is 2. The van der Waals surface area contributed by atoms with Gasteiger partial charge in [-0.3, -0.25) is 9.98 Å². The number of amidine groups is 2. The first kappa shape index (κ1) is 19.6. The first-order valence-electron chi connectivity index (χ1n) is 9.33. The monoisotopic (exact) mass is 431 g/mol. The summed E-state index contributed by atoms with van der Waals surface area (Å²) < 4.78 is 0. The Morgan fingerprint density at radius 1 is 0.586 bits per heavy atom. The molecule has 0 saturated heterocycles. The van der Waals surface area contributed by atoms with Gasteiger partial charge in [-0.1, -0.05) is 75.0 Å². The largest absolute Gasteiger partial charge is 2.00 e. The molecule has 8 bridgehead atoms. The van der Waals surface area contributed by atoms with E-state index in [1.165, 1.54) is 0 Å². The minimum Gasteiger partial charge on any atom is -0.439 e. The minimum absolute atomic E-state index is 0. The van der Waals surface area contributed by atoms with Crippen molar-refractivity contribution in [3.05, 3.63) is 60.0 Å². The normalized spacial score (nSPS) is 24.1. The van der Waals surface area contributed by atoms with Gasteiger partial charge in [0.2, 0.25) is 0 Å². The standard InChI is InChI=1S/C22H20N6.Cu/c1-21(2)13-5-9-17(23-13)27-19-11-7-15(25-19)22(3,4)16-8-12-20(26-16)28-18-10-6-14(21)24-18;/h5-12H,1-4H3;/q-2;+2/b27-17-,28-20-;. The maximum absolute atomic E-state index is 4.72. The van der Waals surface area contributed by atoms with E-state index in [9.17, 15) is 0 Å². The van der Waals surface area contributed by atoms with Gasteiger partial charge < -0.3 is 20.0 Å². The fourth-order valence-corrected chi connectivity index (χ4v) is 3.54. The first-order valence-corrected chi connectivity index (χ1v) is 9.33. The van der Waals surface area contributed by atoms with Gasteiger partial charge >= 0.3 is 17.1 Å². The van der Waals surface area contributed by atoms with E-state index in [2.05, 4.69) is 37.7 Å². The first-order chi connectivity index (χ1) is 13.3. The maximum Gasteiger partial charge on any atom is 2.00 e. The van der Waals surface area contributed by atoms with E-state index >= 15 is 0 Å². The predicted octanol–water partition coefficient (Wildman–Crippen LogP) is 3.95. The number of nitrogens with zero attached hydrogens (tertiary/aromatic N) is 6. The SMILES string of the molecule is CC1(C)C2=N/C(=N\c3ccc([n-]3)C(C)(C)C3=N/C(=N\c4ccc1[n-]4)C=C3)C=C2.[Cu+2]. The Morgan fingerprint density at radius 2 is 1.00 bits per heavy atom. The van der Waals surface area contributed by atoms with Gasteiger partial charge in [0.25, 0.3) is 0 Å². The number of hydrogen-bond acceptors (Lipinski definition) is 4. The van der Waals surface area contributed by atoms with Crippen molar-refractivity contribution >= 4 is 34.7 Å². The number of allylic oxidation sites excluding steroid dienone is 2. The van der Waals surface area contributed by atoms with Crippen molar-refractivity contribution in [2.45, 2.75) is 38.5 Å². The van der Waals surface area contributed by atoms with Crippen LogP contribution in [0.15, 0.2) is 68.5 Å².